The lowest BCUT2D eigenvalue weighted by Gasteiger charge is -2.00. The zero-order chi connectivity index (χ0) is 6.81. The molecular formula is C7H8N3+. The Morgan fingerprint density at radius 3 is 3.40 bits per heavy atom. The molecule has 0 amide bonds. The van der Waals surface area contributed by atoms with Crippen molar-refractivity contribution in [2.75, 3.05) is 0 Å². The van der Waals surface area contributed by atoms with Crippen molar-refractivity contribution in [3.05, 3.63) is 18.5 Å². The highest BCUT2D eigenvalue weighted by Crippen LogP contribution is 2.01. The third-order valence-corrected chi connectivity index (χ3v) is 1.50. The predicted octanol–water partition coefficient (Wildman–Crippen LogP) is 0.475. The van der Waals surface area contributed by atoms with E-state index >= 15 is 0 Å². The molecule has 10 heavy (non-hydrogen) atoms. The molecular weight excluding hydrogens is 126 g/mol. The summed E-state index contributed by atoms with van der Waals surface area (Å²) in [6.45, 7) is 1.01. The molecule has 0 bridgehead atoms. The van der Waals surface area contributed by atoms with Gasteiger partial charge in [0.05, 0.1) is 19.0 Å². The summed E-state index contributed by atoms with van der Waals surface area (Å²) < 4.78 is 2.04. The van der Waals surface area contributed by atoms with Crippen molar-refractivity contribution in [2.24, 2.45) is 4.99 Å². The second kappa shape index (κ2) is 2.17. The fraction of sp³-hybridized carbons (Fsp3) is 0.286. The van der Waals surface area contributed by atoms with Gasteiger partial charge in [-0.25, -0.2) is 4.57 Å². The van der Waals surface area contributed by atoms with E-state index in [0.717, 1.165) is 18.9 Å². The van der Waals surface area contributed by atoms with E-state index < -0.39 is 0 Å². The van der Waals surface area contributed by atoms with E-state index in [-0.39, 0.29) is 0 Å². The summed E-state index contributed by atoms with van der Waals surface area (Å²) in [4.78, 5) is 8.20. The molecule has 0 saturated carbocycles. The van der Waals surface area contributed by atoms with Gasteiger partial charge in [-0.2, -0.15) is 0 Å². The lowest BCUT2D eigenvalue weighted by atomic mass is 10.4. The van der Waals surface area contributed by atoms with Gasteiger partial charge in [-0.3, -0.25) is 0 Å². The molecule has 0 N–H and O–H groups in total. The molecule has 50 valence electrons. The Kier molecular flexibility index (Phi) is 1.20. The molecule has 0 saturated heterocycles. The molecule has 0 fully saturated rings. The van der Waals surface area contributed by atoms with Crippen molar-refractivity contribution in [1.82, 2.24) is 4.98 Å². The lowest BCUT2D eigenvalue weighted by Crippen LogP contribution is -2.36. The van der Waals surface area contributed by atoms with Crippen LogP contribution in [0.2, 0.25) is 0 Å². The minimum Gasteiger partial charge on any atom is -0.232 e. The first-order valence-corrected chi connectivity index (χ1v) is 3.34. The summed E-state index contributed by atoms with van der Waals surface area (Å²) in [7, 11) is 0. The van der Waals surface area contributed by atoms with Crippen molar-refractivity contribution >= 4 is 12.2 Å². The van der Waals surface area contributed by atoms with Crippen LogP contribution < -0.4 is 4.57 Å². The van der Waals surface area contributed by atoms with Gasteiger partial charge in [0.1, 0.15) is 6.20 Å². The van der Waals surface area contributed by atoms with Gasteiger partial charge in [0, 0.05) is 12.5 Å². The van der Waals surface area contributed by atoms with Crippen LogP contribution >= 0.6 is 0 Å². The van der Waals surface area contributed by atoms with Gasteiger partial charge in [0.2, 0.25) is 0 Å². The summed E-state index contributed by atoms with van der Waals surface area (Å²) >= 11 is 0. The molecule has 2 rings (SSSR count). The molecule has 0 aromatic carbocycles. The number of fused-ring (bicyclic) bond motifs is 1. The fourth-order valence-electron chi connectivity index (χ4n) is 1.02. The minimum atomic E-state index is 0.814. The zero-order valence-electron chi connectivity index (χ0n) is 5.57. The van der Waals surface area contributed by atoms with Gasteiger partial charge in [0.15, 0.2) is 0 Å². The molecule has 0 aliphatic carbocycles. The largest absolute Gasteiger partial charge is 0.432 e. The van der Waals surface area contributed by atoms with Crippen LogP contribution in [-0.4, -0.2) is 11.2 Å². The third kappa shape index (κ3) is 0.795. The van der Waals surface area contributed by atoms with Crippen LogP contribution in [0.15, 0.2) is 23.5 Å². The first-order valence-electron chi connectivity index (χ1n) is 3.34. The topological polar surface area (TPSA) is 29.1 Å². The van der Waals surface area contributed by atoms with Gasteiger partial charge in [0.25, 0.3) is 0 Å². The number of aliphatic imine (C=N–C) groups is 1. The maximum Gasteiger partial charge on any atom is 0.432 e. The van der Waals surface area contributed by atoms with Gasteiger partial charge in [-0.1, -0.05) is 9.98 Å². The molecule has 1 aromatic rings. The van der Waals surface area contributed by atoms with Crippen LogP contribution in [0.25, 0.3) is 0 Å². The van der Waals surface area contributed by atoms with Gasteiger partial charge >= 0.3 is 5.95 Å². The highest BCUT2D eigenvalue weighted by Gasteiger charge is 2.11. The summed E-state index contributed by atoms with van der Waals surface area (Å²) in [5.41, 5.74) is 0. The number of aryl methyl sites for hydroxylation is 1. The van der Waals surface area contributed by atoms with Crippen molar-refractivity contribution < 1.29 is 4.57 Å². The Labute approximate surface area is 59.1 Å². The average molecular weight is 134 g/mol. The molecule has 1 aliphatic rings. The molecule has 0 unspecified atom stereocenters. The van der Waals surface area contributed by atoms with Crippen molar-refractivity contribution in [3.63, 3.8) is 0 Å². The number of aromatic nitrogens is 2. The normalized spacial score (nSPS) is 14.8. The molecule has 0 atom stereocenters. The summed E-state index contributed by atoms with van der Waals surface area (Å²) in [5.74, 6) is 0.814. The number of nitrogens with zero attached hydrogens (tertiary/aromatic N) is 3. The average Bonchev–Trinajstić information content (AvgIpc) is 2.05. The Balaban J connectivity index is 2.54. The molecule has 3 heteroatoms. The van der Waals surface area contributed by atoms with E-state index in [1.807, 2.05) is 23.0 Å². The van der Waals surface area contributed by atoms with Crippen molar-refractivity contribution in [3.8, 4) is 0 Å². The van der Waals surface area contributed by atoms with E-state index in [0.29, 0.717) is 0 Å². The third-order valence-electron chi connectivity index (χ3n) is 1.50. The molecule has 0 spiro atoms. The van der Waals surface area contributed by atoms with Crippen LogP contribution in [0.3, 0.4) is 0 Å². The second-order valence-corrected chi connectivity index (χ2v) is 2.21. The maximum atomic E-state index is 4.12. The van der Waals surface area contributed by atoms with E-state index in [9.17, 15) is 0 Å². The lowest BCUT2D eigenvalue weighted by molar-refractivity contribution is -0.686. The minimum absolute atomic E-state index is 0.814. The van der Waals surface area contributed by atoms with E-state index in [2.05, 4.69) is 9.98 Å². The smallest absolute Gasteiger partial charge is 0.232 e. The summed E-state index contributed by atoms with van der Waals surface area (Å²) in [6, 6.07) is 1.92. The summed E-state index contributed by atoms with van der Waals surface area (Å²) in [5, 5.41) is 0. The van der Waals surface area contributed by atoms with E-state index in [1.165, 1.54) is 0 Å². The number of rotatable bonds is 0. The summed E-state index contributed by atoms with van der Waals surface area (Å²) in [6.07, 6.45) is 6.68. The SMILES string of the molecule is C1=Nc2nccc[n+]2CC1. The quantitative estimate of drug-likeness (QED) is 0.474. The van der Waals surface area contributed by atoms with Crippen LogP contribution in [0, 0.1) is 0 Å². The zero-order valence-corrected chi connectivity index (χ0v) is 5.57. The van der Waals surface area contributed by atoms with Crippen molar-refractivity contribution in [2.45, 2.75) is 13.0 Å². The van der Waals surface area contributed by atoms with E-state index in [1.54, 1.807) is 6.20 Å². The Morgan fingerprint density at radius 2 is 2.50 bits per heavy atom. The standard InChI is InChI=1S/C7H8N3/c1-3-8-7-9-4-2-6-10(7)5-1/h1,3-5H,2,6H2/q+1. The Bertz CT molecular complexity index is 267. The van der Waals surface area contributed by atoms with E-state index in [4.69, 9.17) is 0 Å². The van der Waals surface area contributed by atoms with Crippen LogP contribution in [0.1, 0.15) is 6.42 Å². The number of hydrogen-bond donors (Lipinski definition) is 0. The van der Waals surface area contributed by atoms with Crippen LogP contribution in [-0.2, 0) is 6.54 Å². The first kappa shape index (κ1) is 5.53. The highest BCUT2D eigenvalue weighted by molar-refractivity contribution is 5.60. The van der Waals surface area contributed by atoms with Gasteiger partial charge in [-0.05, 0) is 0 Å². The maximum absolute atomic E-state index is 4.12. The van der Waals surface area contributed by atoms with Crippen molar-refractivity contribution in [1.29, 1.82) is 0 Å². The Morgan fingerprint density at radius 1 is 1.50 bits per heavy atom. The van der Waals surface area contributed by atoms with Crippen LogP contribution in [0.5, 0.6) is 0 Å². The monoisotopic (exact) mass is 134 g/mol. The van der Waals surface area contributed by atoms with Gasteiger partial charge in [-0.15, -0.1) is 0 Å². The van der Waals surface area contributed by atoms with Crippen LogP contribution in [0.4, 0.5) is 5.95 Å². The molecule has 2 heterocycles. The first-order chi connectivity index (χ1) is 4.97. The second-order valence-electron chi connectivity index (χ2n) is 2.21. The molecule has 1 aliphatic heterocycles. The predicted molar refractivity (Wildman–Crippen MR) is 37.2 cm³/mol. The highest BCUT2D eigenvalue weighted by atomic mass is 15.1. The fourth-order valence-corrected chi connectivity index (χ4v) is 1.02. The molecule has 3 nitrogen and oxygen atoms in total. The number of hydrogen-bond acceptors (Lipinski definition) is 2. The Hall–Kier alpha value is -1.25. The molecule has 0 radical (unpaired) electrons. The molecule has 1 aromatic heterocycles. The van der Waals surface area contributed by atoms with Gasteiger partial charge < -0.3 is 0 Å².